The number of hydrogen-bond donors (Lipinski definition) is 0. The summed E-state index contributed by atoms with van der Waals surface area (Å²) in [6, 6.07) is 13.7. The first-order valence-electron chi connectivity index (χ1n) is 8.89. The van der Waals surface area contributed by atoms with Crippen LogP contribution in [-0.4, -0.2) is 62.5 Å². The lowest BCUT2D eigenvalue weighted by Gasteiger charge is -2.37. The van der Waals surface area contributed by atoms with Gasteiger partial charge >= 0.3 is 10.2 Å². The van der Waals surface area contributed by atoms with Crippen molar-refractivity contribution in [3.63, 3.8) is 0 Å². The highest BCUT2D eigenvalue weighted by Crippen LogP contribution is 2.24. The fourth-order valence-electron chi connectivity index (χ4n) is 3.26. The minimum atomic E-state index is -3.92. The third kappa shape index (κ3) is 3.55. The molecule has 0 N–H and O–H groups in total. The van der Waals surface area contributed by atoms with E-state index >= 15 is 0 Å². The minimum absolute atomic E-state index is 0.131. The lowest BCUT2D eigenvalue weighted by Crippen LogP contribution is -2.51. The third-order valence-electron chi connectivity index (χ3n) is 4.85. The smallest absolute Gasteiger partial charge is 0.345 e. The van der Waals surface area contributed by atoms with Gasteiger partial charge in [0.15, 0.2) is 0 Å². The fraction of sp³-hybridized carbons (Fsp3) is 0.263. The van der Waals surface area contributed by atoms with Crippen molar-refractivity contribution in [2.24, 2.45) is 4.40 Å². The third-order valence-corrected chi connectivity index (χ3v) is 7.06. The molecular formula is C19H20N4O3S2. The van der Waals surface area contributed by atoms with Crippen LogP contribution in [0.15, 0.2) is 64.0 Å². The summed E-state index contributed by atoms with van der Waals surface area (Å²) in [5.74, 6) is -0.289. The van der Waals surface area contributed by atoms with Crippen LogP contribution in [0.5, 0.6) is 0 Å². The maximum atomic E-state index is 13.1. The molecule has 0 unspecified atom stereocenters. The Morgan fingerprint density at radius 1 is 1.04 bits per heavy atom. The maximum absolute atomic E-state index is 13.1. The molecule has 1 saturated heterocycles. The Hall–Kier alpha value is -2.65. The van der Waals surface area contributed by atoms with E-state index in [-0.39, 0.29) is 11.6 Å². The van der Waals surface area contributed by atoms with Crippen molar-refractivity contribution in [1.29, 1.82) is 0 Å². The number of benzene rings is 1. The number of amides is 1. The second-order valence-corrected chi connectivity index (χ2v) is 9.12. The van der Waals surface area contributed by atoms with Gasteiger partial charge in [-0.25, -0.2) is 4.31 Å². The first-order valence-corrected chi connectivity index (χ1v) is 11.2. The number of nitrogens with zero attached hydrogens (tertiary/aromatic N) is 4. The van der Waals surface area contributed by atoms with Crippen LogP contribution in [0, 0.1) is 0 Å². The molecule has 7 nitrogen and oxygen atoms in total. The number of thiophene rings is 1. The van der Waals surface area contributed by atoms with E-state index in [2.05, 4.69) is 9.30 Å². The molecule has 0 bridgehead atoms. The molecular weight excluding hydrogens is 396 g/mol. The molecule has 1 fully saturated rings. The molecule has 0 radical (unpaired) electrons. The molecule has 1 amide bonds. The summed E-state index contributed by atoms with van der Waals surface area (Å²) < 4.78 is 29.7. The molecule has 0 aliphatic carbocycles. The van der Waals surface area contributed by atoms with E-state index in [0.29, 0.717) is 31.9 Å². The van der Waals surface area contributed by atoms with E-state index in [1.54, 1.807) is 17.0 Å². The number of anilines is 1. The van der Waals surface area contributed by atoms with Crippen molar-refractivity contribution in [3.05, 3.63) is 64.5 Å². The quantitative estimate of drug-likeness (QED) is 0.767. The summed E-state index contributed by atoms with van der Waals surface area (Å²) in [5, 5.41) is 1.85. The lowest BCUT2D eigenvalue weighted by atomic mass is 10.2. The largest absolute Gasteiger partial charge is 0.368 e. The second kappa shape index (κ2) is 7.40. The van der Waals surface area contributed by atoms with Crippen molar-refractivity contribution < 1.29 is 13.2 Å². The fourth-order valence-corrected chi connectivity index (χ4v) is 4.91. The number of para-hydroxylation sites is 1. The average Bonchev–Trinajstić information content (AvgIpc) is 3.25. The van der Waals surface area contributed by atoms with Gasteiger partial charge in [-0.1, -0.05) is 24.3 Å². The van der Waals surface area contributed by atoms with Gasteiger partial charge in [0, 0.05) is 38.9 Å². The lowest BCUT2D eigenvalue weighted by molar-refractivity contribution is -0.128. The van der Waals surface area contributed by atoms with Gasteiger partial charge in [0.1, 0.15) is 5.70 Å². The normalized spacial score (nSPS) is 19.2. The van der Waals surface area contributed by atoms with E-state index in [1.807, 2.05) is 41.8 Å². The Kier molecular flexibility index (Phi) is 4.94. The summed E-state index contributed by atoms with van der Waals surface area (Å²) >= 11 is 1.39. The molecule has 9 heteroatoms. The number of piperazine rings is 1. The van der Waals surface area contributed by atoms with Crippen LogP contribution < -0.4 is 4.90 Å². The molecule has 2 aliphatic heterocycles. The number of carbonyl (C=O) groups is 1. The summed E-state index contributed by atoms with van der Waals surface area (Å²) in [4.78, 5) is 17.7. The van der Waals surface area contributed by atoms with Crippen molar-refractivity contribution in [2.45, 2.75) is 0 Å². The van der Waals surface area contributed by atoms with E-state index < -0.39 is 10.2 Å². The summed E-state index contributed by atoms with van der Waals surface area (Å²) in [5.41, 5.74) is 1.56. The van der Waals surface area contributed by atoms with E-state index in [1.165, 1.54) is 18.4 Å². The number of likely N-dealkylation sites (N-methyl/N-ethyl adjacent to an activating group) is 1. The Morgan fingerprint density at radius 2 is 1.75 bits per heavy atom. The van der Waals surface area contributed by atoms with Gasteiger partial charge in [-0.15, -0.1) is 15.7 Å². The molecule has 146 valence electrons. The van der Waals surface area contributed by atoms with Gasteiger partial charge in [-0.2, -0.15) is 8.42 Å². The molecule has 28 heavy (non-hydrogen) atoms. The van der Waals surface area contributed by atoms with E-state index in [9.17, 15) is 13.2 Å². The highest BCUT2D eigenvalue weighted by molar-refractivity contribution is 7.88. The number of carbonyl (C=O) groups excluding carboxylic acids is 1. The zero-order valence-electron chi connectivity index (χ0n) is 15.4. The van der Waals surface area contributed by atoms with Crippen molar-refractivity contribution >= 4 is 38.9 Å². The zero-order valence-corrected chi connectivity index (χ0v) is 17.0. The van der Waals surface area contributed by atoms with Crippen molar-refractivity contribution in [2.75, 3.05) is 38.1 Å². The minimum Gasteiger partial charge on any atom is -0.368 e. The molecule has 0 atom stereocenters. The van der Waals surface area contributed by atoms with Crippen LogP contribution in [0.25, 0.3) is 0 Å². The van der Waals surface area contributed by atoms with E-state index in [0.717, 1.165) is 14.9 Å². The monoisotopic (exact) mass is 416 g/mol. The second-order valence-electron chi connectivity index (χ2n) is 6.54. The summed E-state index contributed by atoms with van der Waals surface area (Å²) in [7, 11) is -2.55. The molecule has 2 aliphatic rings. The van der Waals surface area contributed by atoms with Crippen LogP contribution in [0.4, 0.5) is 5.69 Å². The van der Waals surface area contributed by atoms with Crippen LogP contribution in [-0.2, 0) is 15.0 Å². The predicted molar refractivity (Wildman–Crippen MR) is 111 cm³/mol. The number of hydrogen-bond acceptors (Lipinski definition) is 5. The van der Waals surface area contributed by atoms with E-state index in [4.69, 9.17) is 0 Å². The van der Waals surface area contributed by atoms with Gasteiger partial charge in [-0.3, -0.25) is 4.79 Å². The molecule has 1 aromatic heterocycles. The van der Waals surface area contributed by atoms with Crippen LogP contribution in [0.2, 0.25) is 0 Å². The Labute approximate surface area is 168 Å². The first kappa shape index (κ1) is 18.7. The molecule has 2 aromatic rings. The highest BCUT2D eigenvalue weighted by Gasteiger charge is 2.33. The van der Waals surface area contributed by atoms with Gasteiger partial charge in [0.05, 0.1) is 10.6 Å². The summed E-state index contributed by atoms with van der Waals surface area (Å²) in [6.45, 7) is 2.46. The Morgan fingerprint density at radius 3 is 2.39 bits per heavy atom. The standard InChI is InChI=1S/C19H20N4O3S2/c1-21-17(14-16(20-28(21,25)26)18-8-5-13-27-18)19(24)23-11-9-22(10-12-23)15-6-3-2-4-7-15/h2-8,13-14H,9-12H2,1H3. The Bertz CT molecular complexity index is 1020. The van der Waals surface area contributed by atoms with Crippen LogP contribution >= 0.6 is 11.3 Å². The molecule has 0 saturated carbocycles. The van der Waals surface area contributed by atoms with Gasteiger partial charge in [0.2, 0.25) is 0 Å². The number of rotatable bonds is 3. The molecule has 3 heterocycles. The van der Waals surface area contributed by atoms with Crippen molar-refractivity contribution in [1.82, 2.24) is 9.21 Å². The number of allylic oxidation sites excluding steroid dienone is 1. The van der Waals surface area contributed by atoms with Gasteiger partial charge < -0.3 is 9.80 Å². The zero-order chi connectivity index (χ0) is 19.7. The molecule has 4 rings (SSSR count). The van der Waals surface area contributed by atoms with Crippen molar-refractivity contribution in [3.8, 4) is 0 Å². The molecule has 0 spiro atoms. The maximum Gasteiger partial charge on any atom is 0.345 e. The predicted octanol–water partition coefficient (Wildman–Crippen LogP) is 1.96. The average molecular weight is 417 g/mol. The van der Waals surface area contributed by atoms with Gasteiger partial charge in [0.25, 0.3) is 5.91 Å². The summed E-state index contributed by atoms with van der Waals surface area (Å²) in [6.07, 6.45) is 1.57. The SMILES string of the molecule is CN1C(C(=O)N2CCN(c3ccccc3)CC2)=CC(c2cccs2)=NS1(=O)=O. The Balaban J connectivity index is 1.53. The highest BCUT2D eigenvalue weighted by atomic mass is 32.2. The topological polar surface area (TPSA) is 73.3 Å². The van der Waals surface area contributed by atoms with Crippen LogP contribution in [0.3, 0.4) is 0 Å². The molecule has 1 aromatic carbocycles. The first-order chi connectivity index (χ1) is 13.5. The van der Waals surface area contributed by atoms with Gasteiger partial charge in [-0.05, 0) is 29.7 Å². The van der Waals surface area contributed by atoms with Crippen LogP contribution in [0.1, 0.15) is 4.88 Å².